The van der Waals surface area contributed by atoms with Crippen LogP contribution < -0.4 is 10.2 Å². The first-order valence-corrected chi connectivity index (χ1v) is 7.44. The molecule has 2 rings (SSSR count). The molecule has 1 aromatic rings. The molecule has 5 heteroatoms. The lowest BCUT2D eigenvalue weighted by Gasteiger charge is -2.32. The Labute approximate surface area is 127 Å². The molecule has 1 saturated heterocycles. The number of nitrogens with zero attached hydrogens (tertiary/aromatic N) is 1. The van der Waals surface area contributed by atoms with Crippen LogP contribution in [0, 0.1) is 5.41 Å². The summed E-state index contributed by atoms with van der Waals surface area (Å²) in [6.45, 7) is 6.29. The molecule has 1 N–H and O–H groups in total. The molecule has 0 aliphatic carbocycles. The zero-order valence-electron chi connectivity index (χ0n) is 11.9. The predicted molar refractivity (Wildman–Crippen MR) is 82.5 cm³/mol. The van der Waals surface area contributed by atoms with E-state index in [0.717, 1.165) is 10.2 Å². The lowest BCUT2D eigenvalue weighted by Crippen LogP contribution is -2.52. The fourth-order valence-corrected chi connectivity index (χ4v) is 2.65. The molecule has 0 aromatic heterocycles. The first-order chi connectivity index (χ1) is 9.29. The molecule has 1 aliphatic heterocycles. The number of rotatable bonds is 1. The lowest BCUT2D eigenvalue weighted by molar-refractivity contribution is -0.127. The number of carbonyl (C=O) groups is 2. The van der Waals surface area contributed by atoms with Crippen LogP contribution in [-0.2, 0) is 9.59 Å². The van der Waals surface area contributed by atoms with Crippen LogP contribution in [0.15, 0.2) is 28.7 Å². The van der Waals surface area contributed by atoms with Crippen molar-refractivity contribution in [1.29, 1.82) is 0 Å². The second kappa shape index (κ2) is 5.56. The molecule has 2 amide bonds. The van der Waals surface area contributed by atoms with Crippen LogP contribution in [0.3, 0.4) is 0 Å². The van der Waals surface area contributed by atoms with Gasteiger partial charge in [0.25, 0.3) is 0 Å². The molecule has 1 aliphatic rings. The first-order valence-electron chi connectivity index (χ1n) is 6.65. The number of hydrogen-bond acceptors (Lipinski definition) is 2. The summed E-state index contributed by atoms with van der Waals surface area (Å²) < 4.78 is 0.915. The summed E-state index contributed by atoms with van der Waals surface area (Å²) in [5, 5.41) is 2.84. The second-order valence-corrected chi connectivity index (χ2v) is 7.00. The SMILES string of the molecule is CC(C)(C)C1NC(=O)CCN(c2cccc(Br)c2)C1=O. The van der Waals surface area contributed by atoms with Gasteiger partial charge in [0.1, 0.15) is 6.04 Å². The summed E-state index contributed by atoms with van der Waals surface area (Å²) in [6.07, 6.45) is 0.324. The van der Waals surface area contributed by atoms with Crippen molar-refractivity contribution in [1.82, 2.24) is 5.32 Å². The normalized spacial score (nSPS) is 20.6. The zero-order chi connectivity index (χ0) is 14.9. The molecule has 108 valence electrons. The maximum atomic E-state index is 12.7. The molecule has 0 saturated carbocycles. The van der Waals surface area contributed by atoms with Crippen LogP contribution in [-0.4, -0.2) is 24.4 Å². The molecule has 1 heterocycles. The number of amides is 2. The van der Waals surface area contributed by atoms with E-state index in [2.05, 4.69) is 21.2 Å². The van der Waals surface area contributed by atoms with Gasteiger partial charge in [-0.3, -0.25) is 9.59 Å². The second-order valence-electron chi connectivity index (χ2n) is 6.09. The van der Waals surface area contributed by atoms with E-state index < -0.39 is 6.04 Å². The number of halogens is 1. The average Bonchev–Trinajstić information content (AvgIpc) is 2.49. The van der Waals surface area contributed by atoms with Crippen LogP contribution in [0.2, 0.25) is 0 Å². The molecular weight excluding hydrogens is 320 g/mol. The largest absolute Gasteiger partial charge is 0.344 e. The van der Waals surface area contributed by atoms with Crippen LogP contribution in [0.25, 0.3) is 0 Å². The Balaban J connectivity index is 2.37. The molecule has 1 fully saturated rings. The minimum atomic E-state index is -0.503. The third kappa shape index (κ3) is 3.20. The molecule has 0 bridgehead atoms. The smallest absolute Gasteiger partial charge is 0.250 e. The van der Waals surface area contributed by atoms with Crippen molar-refractivity contribution in [2.75, 3.05) is 11.4 Å². The van der Waals surface area contributed by atoms with Gasteiger partial charge in [-0.2, -0.15) is 0 Å². The quantitative estimate of drug-likeness (QED) is 0.855. The molecule has 0 spiro atoms. The van der Waals surface area contributed by atoms with Crippen molar-refractivity contribution in [3.63, 3.8) is 0 Å². The summed E-state index contributed by atoms with van der Waals surface area (Å²) in [7, 11) is 0. The highest BCUT2D eigenvalue weighted by Crippen LogP contribution is 2.27. The van der Waals surface area contributed by atoms with Crippen molar-refractivity contribution in [2.45, 2.75) is 33.2 Å². The molecule has 4 nitrogen and oxygen atoms in total. The van der Waals surface area contributed by atoms with Crippen LogP contribution in [0.1, 0.15) is 27.2 Å². The molecule has 1 aromatic carbocycles. The van der Waals surface area contributed by atoms with Gasteiger partial charge in [0.05, 0.1) is 0 Å². The minimum absolute atomic E-state index is 0.0542. The van der Waals surface area contributed by atoms with Crippen LogP contribution in [0.5, 0.6) is 0 Å². The Morgan fingerprint density at radius 1 is 1.30 bits per heavy atom. The molecule has 0 radical (unpaired) electrons. The zero-order valence-corrected chi connectivity index (χ0v) is 13.5. The Morgan fingerprint density at radius 2 is 2.00 bits per heavy atom. The summed E-state index contributed by atoms with van der Waals surface area (Å²) in [5.74, 6) is -0.128. The Hall–Kier alpha value is -1.36. The number of benzene rings is 1. The van der Waals surface area contributed by atoms with Gasteiger partial charge in [-0.25, -0.2) is 0 Å². The Kier molecular flexibility index (Phi) is 4.18. The monoisotopic (exact) mass is 338 g/mol. The van der Waals surface area contributed by atoms with Gasteiger partial charge < -0.3 is 10.2 Å². The highest BCUT2D eigenvalue weighted by atomic mass is 79.9. The van der Waals surface area contributed by atoms with Gasteiger partial charge >= 0.3 is 0 Å². The van der Waals surface area contributed by atoms with E-state index >= 15 is 0 Å². The van der Waals surface area contributed by atoms with Gasteiger partial charge in [-0.05, 0) is 23.6 Å². The van der Waals surface area contributed by atoms with Crippen molar-refractivity contribution in [2.24, 2.45) is 5.41 Å². The topological polar surface area (TPSA) is 49.4 Å². The summed E-state index contributed by atoms with van der Waals surface area (Å²) in [6, 6.07) is 7.08. The van der Waals surface area contributed by atoms with Gasteiger partial charge in [0, 0.05) is 23.1 Å². The minimum Gasteiger partial charge on any atom is -0.344 e. The van der Waals surface area contributed by atoms with Crippen molar-refractivity contribution < 1.29 is 9.59 Å². The maximum Gasteiger partial charge on any atom is 0.250 e. The van der Waals surface area contributed by atoms with E-state index in [1.54, 1.807) is 4.90 Å². The third-order valence-corrected chi connectivity index (χ3v) is 3.86. The van der Waals surface area contributed by atoms with E-state index in [0.29, 0.717) is 13.0 Å². The summed E-state index contributed by atoms with van der Waals surface area (Å²) >= 11 is 3.41. The molecular formula is C15H19BrN2O2. The number of nitrogens with one attached hydrogen (secondary N) is 1. The van der Waals surface area contributed by atoms with Crippen molar-refractivity contribution in [3.05, 3.63) is 28.7 Å². The highest BCUT2D eigenvalue weighted by Gasteiger charge is 2.38. The van der Waals surface area contributed by atoms with E-state index in [4.69, 9.17) is 0 Å². The van der Waals surface area contributed by atoms with Crippen LogP contribution >= 0.6 is 15.9 Å². The van der Waals surface area contributed by atoms with Crippen molar-refractivity contribution >= 4 is 33.4 Å². The number of anilines is 1. The highest BCUT2D eigenvalue weighted by molar-refractivity contribution is 9.10. The maximum absolute atomic E-state index is 12.7. The van der Waals surface area contributed by atoms with Crippen LogP contribution in [0.4, 0.5) is 5.69 Å². The summed E-state index contributed by atoms with van der Waals surface area (Å²) in [5.41, 5.74) is 0.497. The fourth-order valence-electron chi connectivity index (χ4n) is 2.26. The predicted octanol–water partition coefficient (Wildman–Crippen LogP) is 2.72. The molecule has 1 atom stereocenters. The van der Waals surface area contributed by atoms with Gasteiger partial charge in [0.15, 0.2) is 0 Å². The molecule has 1 unspecified atom stereocenters. The van der Waals surface area contributed by atoms with E-state index in [9.17, 15) is 9.59 Å². The Morgan fingerprint density at radius 3 is 2.60 bits per heavy atom. The Bertz CT molecular complexity index is 537. The average molecular weight is 339 g/mol. The number of carbonyl (C=O) groups excluding carboxylic acids is 2. The summed E-state index contributed by atoms with van der Waals surface area (Å²) in [4.78, 5) is 26.3. The van der Waals surface area contributed by atoms with E-state index in [1.165, 1.54) is 0 Å². The van der Waals surface area contributed by atoms with Crippen molar-refractivity contribution in [3.8, 4) is 0 Å². The van der Waals surface area contributed by atoms with Gasteiger partial charge in [-0.15, -0.1) is 0 Å². The van der Waals surface area contributed by atoms with Gasteiger partial charge in [-0.1, -0.05) is 42.8 Å². The number of hydrogen-bond donors (Lipinski definition) is 1. The first kappa shape index (κ1) is 15.0. The fraction of sp³-hybridized carbons (Fsp3) is 0.467. The van der Waals surface area contributed by atoms with Gasteiger partial charge in [0.2, 0.25) is 11.8 Å². The van der Waals surface area contributed by atoms with E-state index in [1.807, 2.05) is 45.0 Å². The molecule has 20 heavy (non-hydrogen) atoms. The standard InChI is InChI=1S/C15H19BrN2O2/c1-15(2,3)13-14(20)18(8-7-12(19)17-13)11-6-4-5-10(16)9-11/h4-6,9,13H,7-8H2,1-3H3,(H,17,19). The lowest BCUT2D eigenvalue weighted by atomic mass is 9.86. The third-order valence-electron chi connectivity index (χ3n) is 3.37. The van der Waals surface area contributed by atoms with E-state index in [-0.39, 0.29) is 17.2 Å².